The van der Waals surface area contributed by atoms with E-state index in [4.69, 9.17) is 16.0 Å². The number of nitrogens with one attached hydrogen (secondary N) is 2. The molecular formula is C22H33ClIN5O. The molecule has 1 fully saturated rings. The molecule has 6 nitrogen and oxygen atoms in total. The number of hydrogen-bond acceptors (Lipinski definition) is 4. The van der Waals surface area contributed by atoms with Gasteiger partial charge in [0.15, 0.2) is 5.96 Å². The zero-order valence-corrected chi connectivity index (χ0v) is 21.3. The maximum atomic E-state index is 5.98. The van der Waals surface area contributed by atoms with Crippen LogP contribution in [0.4, 0.5) is 0 Å². The molecule has 1 saturated heterocycles. The van der Waals surface area contributed by atoms with Crippen molar-refractivity contribution in [2.24, 2.45) is 10.9 Å². The Morgan fingerprint density at radius 2 is 1.93 bits per heavy atom. The standard InChI is InChI=1S/C22H32ClN5O.HI/c1-15-17(3)29-21(26-15)14-28-11-9-18(10-12-28)13-25-22(24-4)27-16(2)19-5-7-20(23)8-6-19;/h5-8,16,18H,9-14H2,1-4H3,(H2,24,25,27);1H. The Labute approximate surface area is 201 Å². The lowest BCUT2D eigenvalue weighted by atomic mass is 9.97. The molecule has 0 spiro atoms. The van der Waals surface area contributed by atoms with E-state index in [1.165, 1.54) is 5.56 Å². The Morgan fingerprint density at radius 1 is 1.27 bits per heavy atom. The molecule has 30 heavy (non-hydrogen) atoms. The fourth-order valence-corrected chi connectivity index (χ4v) is 3.75. The van der Waals surface area contributed by atoms with Crippen molar-refractivity contribution in [3.63, 3.8) is 0 Å². The Hall–Kier alpha value is -1.32. The fraction of sp³-hybridized carbons (Fsp3) is 0.545. The van der Waals surface area contributed by atoms with Crippen LogP contribution in [0.1, 0.15) is 48.7 Å². The van der Waals surface area contributed by atoms with E-state index in [2.05, 4.69) is 32.4 Å². The van der Waals surface area contributed by atoms with Crippen LogP contribution in [-0.4, -0.2) is 42.5 Å². The Bertz CT molecular complexity index is 796. The summed E-state index contributed by atoms with van der Waals surface area (Å²) in [5.74, 6) is 3.23. The first kappa shape index (κ1) is 24.9. The highest BCUT2D eigenvalue weighted by Gasteiger charge is 2.21. The average molecular weight is 546 g/mol. The molecule has 2 aromatic rings. The second kappa shape index (κ2) is 11.9. The van der Waals surface area contributed by atoms with Crippen molar-refractivity contribution < 1.29 is 4.42 Å². The van der Waals surface area contributed by atoms with E-state index in [9.17, 15) is 0 Å². The third kappa shape index (κ3) is 7.13. The summed E-state index contributed by atoms with van der Waals surface area (Å²) in [4.78, 5) is 11.3. The molecular weight excluding hydrogens is 513 g/mol. The number of likely N-dealkylation sites (tertiary alicyclic amines) is 1. The monoisotopic (exact) mass is 545 g/mol. The molecule has 1 aromatic carbocycles. The highest BCUT2D eigenvalue weighted by Crippen LogP contribution is 2.20. The first-order valence-electron chi connectivity index (χ1n) is 10.3. The van der Waals surface area contributed by atoms with Crippen LogP contribution in [0.15, 0.2) is 33.7 Å². The number of piperidine rings is 1. The van der Waals surface area contributed by atoms with Gasteiger partial charge >= 0.3 is 0 Å². The number of guanidine groups is 1. The van der Waals surface area contributed by atoms with Gasteiger partial charge in [-0.1, -0.05) is 23.7 Å². The lowest BCUT2D eigenvalue weighted by Crippen LogP contribution is -2.43. The van der Waals surface area contributed by atoms with Gasteiger partial charge in [-0.3, -0.25) is 9.89 Å². The molecule has 166 valence electrons. The second-order valence-corrected chi connectivity index (χ2v) is 8.28. The predicted octanol–water partition coefficient (Wildman–Crippen LogP) is 4.70. The number of benzene rings is 1. The van der Waals surface area contributed by atoms with Gasteiger partial charge in [-0.15, -0.1) is 24.0 Å². The maximum Gasteiger partial charge on any atom is 0.208 e. The van der Waals surface area contributed by atoms with Gasteiger partial charge in [0.05, 0.1) is 18.3 Å². The summed E-state index contributed by atoms with van der Waals surface area (Å²) in [5, 5.41) is 7.70. The molecule has 0 radical (unpaired) electrons. The minimum atomic E-state index is 0. The molecule has 1 unspecified atom stereocenters. The van der Waals surface area contributed by atoms with Crippen LogP contribution in [-0.2, 0) is 6.54 Å². The zero-order chi connectivity index (χ0) is 20.8. The first-order valence-corrected chi connectivity index (χ1v) is 10.7. The molecule has 0 amide bonds. The molecule has 1 atom stereocenters. The van der Waals surface area contributed by atoms with Crippen molar-refractivity contribution >= 4 is 41.5 Å². The summed E-state index contributed by atoms with van der Waals surface area (Å²) in [7, 11) is 1.81. The minimum Gasteiger partial charge on any atom is -0.444 e. The summed E-state index contributed by atoms with van der Waals surface area (Å²) >= 11 is 5.98. The molecule has 2 N–H and O–H groups in total. The zero-order valence-electron chi connectivity index (χ0n) is 18.2. The fourth-order valence-electron chi connectivity index (χ4n) is 3.62. The predicted molar refractivity (Wildman–Crippen MR) is 134 cm³/mol. The number of halogens is 2. The minimum absolute atomic E-state index is 0. The number of rotatable bonds is 6. The molecule has 0 saturated carbocycles. The average Bonchev–Trinajstić information content (AvgIpc) is 3.03. The lowest BCUT2D eigenvalue weighted by molar-refractivity contribution is 0.164. The van der Waals surface area contributed by atoms with Gasteiger partial charge in [0.1, 0.15) is 5.76 Å². The largest absolute Gasteiger partial charge is 0.444 e. The van der Waals surface area contributed by atoms with Gasteiger partial charge in [0, 0.05) is 18.6 Å². The summed E-state index contributed by atoms with van der Waals surface area (Å²) in [6.45, 7) is 9.96. The van der Waals surface area contributed by atoms with Crippen LogP contribution in [0.2, 0.25) is 5.02 Å². The van der Waals surface area contributed by atoms with Gasteiger partial charge in [0.2, 0.25) is 5.89 Å². The molecule has 1 aliphatic heterocycles. The number of aliphatic imine (C=N–C) groups is 1. The van der Waals surface area contributed by atoms with Gasteiger partial charge in [-0.05, 0) is 70.3 Å². The summed E-state index contributed by atoms with van der Waals surface area (Å²) in [6, 6.07) is 8.08. The summed E-state index contributed by atoms with van der Waals surface area (Å²) in [6.07, 6.45) is 2.32. The van der Waals surface area contributed by atoms with Gasteiger partial charge in [-0.2, -0.15) is 0 Å². The molecule has 8 heteroatoms. The lowest BCUT2D eigenvalue weighted by Gasteiger charge is -2.31. The molecule has 3 rings (SSSR count). The first-order chi connectivity index (χ1) is 13.9. The van der Waals surface area contributed by atoms with Crippen LogP contribution in [0.25, 0.3) is 0 Å². The van der Waals surface area contributed by atoms with Gasteiger partial charge < -0.3 is 15.1 Å². The van der Waals surface area contributed by atoms with E-state index in [1.807, 2.05) is 45.2 Å². The van der Waals surface area contributed by atoms with Gasteiger partial charge in [-0.25, -0.2) is 4.98 Å². The Morgan fingerprint density at radius 3 is 2.50 bits per heavy atom. The highest BCUT2D eigenvalue weighted by atomic mass is 127. The second-order valence-electron chi connectivity index (χ2n) is 7.84. The highest BCUT2D eigenvalue weighted by molar-refractivity contribution is 14.0. The Kier molecular flexibility index (Phi) is 9.90. The normalized spacial score (nSPS) is 16.8. The van der Waals surface area contributed by atoms with Crippen LogP contribution in [0, 0.1) is 19.8 Å². The van der Waals surface area contributed by atoms with Crippen LogP contribution in [0.5, 0.6) is 0 Å². The number of aromatic nitrogens is 1. The maximum absolute atomic E-state index is 5.98. The van der Waals surface area contributed by atoms with Crippen LogP contribution in [0.3, 0.4) is 0 Å². The van der Waals surface area contributed by atoms with Crippen molar-refractivity contribution in [1.82, 2.24) is 20.5 Å². The third-order valence-corrected chi connectivity index (χ3v) is 5.90. The van der Waals surface area contributed by atoms with E-state index in [0.29, 0.717) is 5.92 Å². The van der Waals surface area contributed by atoms with Gasteiger partial charge in [0.25, 0.3) is 0 Å². The van der Waals surface area contributed by atoms with Crippen molar-refractivity contribution in [2.45, 2.75) is 46.2 Å². The van der Waals surface area contributed by atoms with Crippen molar-refractivity contribution in [3.05, 3.63) is 52.2 Å². The third-order valence-electron chi connectivity index (χ3n) is 5.64. The van der Waals surface area contributed by atoms with Crippen molar-refractivity contribution in [2.75, 3.05) is 26.7 Å². The number of aryl methyl sites for hydroxylation is 2. The topological polar surface area (TPSA) is 65.7 Å². The van der Waals surface area contributed by atoms with Crippen molar-refractivity contribution in [3.8, 4) is 0 Å². The summed E-state index contributed by atoms with van der Waals surface area (Å²) < 4.78 is 5.72. The van der Waals surface area contributed by atoms with Crippen molar-refractivity contribution in [1.29, 1.82) is 0 Å². The molecule has 0 aliphatic carbocycles. The SMILES string of the molecule is CN=C(NCC1CCN(Cc2nc(C)c(C)o2)CC1)NC(C)c1ccc(Cl)cc1.I. The molecule has 1 aliphatic rings. The van der Waals surface area contributed by atoms with E-state index in [-0.39, 0.29) is 30.0 Å². The van der Waals surface area contributed by atoms with E-state index in [0.717, 1.165) is 67.3 Å². The molecule has 2 heterocycles. The molecule has 0 bridgehead atoms. The van der Waals surface area contributed by atoms with Crippen LogP contribution < -0.4 is 10.6 Å². The quantitative estimate of drug-likeness (QED) is 0.313. The smallest absolute Gasteiger partial charge is 0.208 e. The van der Waals surface area contributed by atoms with E-state index < -0.39 is 0 Å². The van der Waals surface area contributed by atoms with E-state index >= 15 is 0 Å². The van der Waals surface area contributed by atoms with Crippen LogP contribution >= 0.6 is 35.6 Å². The number of oxazole rings is 1. The number of hydrogen-bond donors (Lipinski definition) is 2. The number of nitrogens with zero attached hydrogens (tertiary/aromatic N) is 3. The molecule has 1 aromatic heterocycles. The Balaban J connectivity index is 0.00000320. The van der Waals surface area contributed by atoms with E-state index in [1.54, 1.807) is 0 Å². The summed E-state index contributed by atoms with van der Waals surface area (Å²) in [5.41, 5.74) is 2.17.